The Bertz CT molecular complexity index is 677. The van der Waals surface area contributed by atoms with Crippen molar-refractivity contribution in [2.45, 2.75) is 26.7 Å². The number of nitrogens with zero attached hydrogens (tertiary/aromatic N) is 3. The highest BCUT2D eigenvalue weighted by atomic mass is 79.9. The Balaban J connectivity index is 0.00000220. The zero-order valence-electron chi connectivity index (χ0n) is 11.8. The van der Waals surface area contributed by atoms with Gasteiger partial charge in [0.15, 0.2) is 0 Å². The van der Waals surface area contributed by atoms with Crippen LogP contribution in [0.4, 0.5) is 5.69 Å². The summed E-state index contributed by atoms with van der Waals surface area (Å²) in [5, 5.41) is 0.952. The number of halogens is 3. The molecule has 0 aliphatic heterocycles. The number of nitrogens with two attached hydrogens (primary N) is 1. The van der Waals surface area contributed by atoms with Crippen LogP contribution in [-0.4, -0.2) is 9.97 Å². The number of nitrogen functional groups attached to an aromatic ring is 1. The molecule has 0 aliphatic rings. The first-order valence-electron chi connectivity index (χ1n) is 6.06. The monoisotopic (exact) mass is 387 g/mol. The van der Waals surface area contributed by atoms with E-state index in [0.29, 0.717) is 15.9 Å². The number of anilines is 1. The Labute approximate surface area is 142 Å². The van der Waals surface area contributed by atoms with Crippen LogP contribution in [0.25, 0.3) is 0 Å². The fraction of sp³-hybridized carbons (Fsp3) is 0.286. The highest BCUT2D eigenvalue weighted by Gasteiger charge is 2.21. The molecule has 0 fully saturated rings. The van der Waals surface area contributed by atoms with Gasteiger partial charge in [-0.2, -0.15) is 0 Å². The van der Waals surface area contributed by atoms with E-state index in [4.69, 9.17) is 28.9 Å². The van der Waals surface area contributed by atoms with Gasteiger partial charge >= 0.3 is 0 Å². The van der Waals surface area contributed by atoms with Crippen molar-refractivity contribution in [2.75, 3.05) is 5.73 Å². The Morgan fingerprint density at radius 1 is 1.24 bits per heavy atom. The molecular weight excluding hydrogens is 375 g/mol. The molecule has 21 heavy (non-hydrogen) atoms. The third-order valence-electron chi connectivity index (χ3n) is 3.30. The average Bonchev–Trinajstić information content (AvgIpc) is 2.39. The zero-order chi connectivity index (χ0) is 15.0. The SMILES string of the molecule is Cc1nc(C)c(C(C)c2cc(Br)cnc2Cl)c(N)c1Cl.[N]. The topological polar surface area (TPSA) is 82.3 Å². The van der Waals surface area contributed by atoms with Gasteiger partial charge in [-0.05, 0) is 41.4 Å². The normalized spacial score (nSPS) is 11.9. The summed E-state index contributed by atoms with van der Waals surface area (Å²) in [5.74, 6) is -0.0434. The molecule has 7 heteroatoms. The molecule has 2 aromatic rings. The summed E-state index contributed by atoms with van der Waals surface area (Å²) in [6, 6.07) is 1.94. The van der Waals surface area contributed by atoms with Gasteiger partial charge < -0.3 is 5.73 Å². The summed E-state index contributed by atoms with van der Waals surface area (Å²) in [6.45, 7) is 5.78. The highest BCUT2D eigenvalue weighted by Crippen LogP contribution is 2.38. The van der Waals surface area contributed by atoms with Crippen molar-refractivity contribution in [1.82, 2.24) is 16.1 Å². The van der Waals surface area contributed by atoms with Gasteiger partial charge in [0.1, 0.15) is 5.15 Å². The molecule has 2 heterocycles. The largest absolute Gasteiger partial charge is 0.397 e. The summed E-state index contributed by atoms with van der Waals surface area (Å²) < 4.78 is 0.867. The summed E-state index contributed by atoms with van der Waals surface area (Å²) in [6.07, 6.45) is 1.66. The van der Waals surface area contributed by atoms with Gasteiger partial charge in [0, 0.05) is 34.0 Å². The van der Waals surface area contributed by atoms with Crippen LogP contribution in [-0.2, 0) is 0 Å². The minimum absolute atomic E-state index is 0. The van der Waals surface area contributed by atoms with E-state index in [-0.39, 0.29) is 12.1 Å². The Morgan fingerprint density at radius 3 is 2.48 bits per heavy atom. The maximum Gasteiger partial charge on any atom is 0.132 e. The lowest BCUT2D eigenvalue weighted by molar-refractivity contribution is 0.881. The summed E-state index contributed by atoms with van der Waals surface area (Å²) >= 11 is 15.8. The van der Waals surface area contributed by atoms with Crippen molar-refractivity contribution < 1.29 is 0 Å². The Kier molecular flexibility index (Phi) is 5.99. The minimum atomic E-state index is -0.0434. The lowest BCUT2D eigenvalue weighted by Gasteiger charge is -2.19. The Morgan fingerprint density at radius 2 is 1.86 bits per heavy atom. The quantitative estimate of drug-likeness (QED) is 0.773. The van der Waals surface area contributed by atoms with E-state index in [1.54, 1.807) is 6.20 Å². The molecule has 3 radical (unpaired) electrons. The molecule has 1 unspecified atom stereocenters. The maximum absolute atomic E-state index is 6.21. The van der Waals surface area contributed by atoms with Crippen molar-refractivity contribution >= 4 is 44.8 Å². The van der Waals surface area contributed by atoms with Crippen LogP contribution >= 0.6 is 39.1 Å². The molecule has 0 spiro atoms. The number of hydrogen-bond acceptors (Lipinski definition) is 3. The Hall–Kier alpha value is -0.880. The molecule has 1 atom stereocenters. The second-order valence-electron chi connectivity index (χ2n) is 4.68. The fourth-order valence-corrected chi connectivity index (χ4v) is 3.07. The lowest BCUT2D eigenvalue weighted by atomic mass is 9.91. The van der Waals surface area contributed by atoms with Crippen LogP contribution in [0.1, 0.15) is 35.4 Å². The van der Waals surface area contributed by atoms with Crippen LogP contribution in [0.2, 0.25) is 10.2 Å². The molecule has 111 valence electrons. The van der Waals surface area contributed by atoms with E-state index >= 15 is 0 Å². The molecule has 2 N–H and O–H groups in total. The number of rotatable bonds is 2. The number of aromatic nitrogens is 2. The van der Waals surface area contributed by atoms with Crippen LogP contribution in [0.15, 0.2) is 16.7 Å². The van der Waals surface area contributed by atoms with E-state index in [9.17, 15) is 0 Å². The first-order chi connectivity index (χ1) is 9.32. The number of hydrogen-bond donors (Lipinski definition) is 1. The molecule has 0 saturated carbocycles. The molecular formula is C14H14BrCl2N4. The van der Waals surface area contributed by atoms with E-state index < -0.39 is 0 Å². The van der Waals surface area contributed by atoms with Gasteiger partial charge in [-0.15, -0.1) is 0 Å². The van der Waals surface area contributed by atoms with Gasteiger partial charge in [-0.25, -0.2) is 4.98 Å². The summed E-state index contributed by atoms with van der Waals surface area (Å²) in [7, 11) is 0. The van der Waals surface area contributed by atoms with Crippen LogP contribution in [0.5, 0.6) is 0 Å². The molecule has 0 amide bonds. The third kappa shape index (κ3) is 3.48. The van der Waals surface area contributed by atoms with Crippen molar-refractivity contribution in [3.8, 4) is 0 Å². The minimum Gasteiger partial charge on any atom is -0.397 e. The molecule has 0 aliphatic carbocycles. The zero-order valence-corrected chi connectivity index (χ0v) is 14.9. The summed E-state index contributed by atoms with van der Waals surface area (Å²) in [4.78, 5) is 8.59. The first-order valence-corrected chi connectivity index (χ1v) is 7.60. The second-order valence-corrected chi connectivity index (χ2v) is 6.33. The molecule has 4 nitrogen and oxygen atoms in total. The van der Waals surface area contributed by atoms with E-state index in [2.05, 4.69) is 25.9 Å². The van der Waals surface area contributed by atoms with Crippen molar-refractivity contribution in [1.29, 1.82) is 0 Å². The highest BCUT2D eigenvalue weighted by molar-refractivity contribution is 9.10. The van der Waals surface area contributed by atoms with Gasteiger partial charge in [0.05, 0.1) is 16.4 Å². The van der Waals surface area contributed by atoms with Gasteiger partial charge in [0.2, 0.25) is 0 Å². The molecule has 0 bridgehead atoms. The standard InChI is InChI=1S/C14H14BrCl2N3.N/c1-6(10-4-9(15)5-19-14(10)17)11-7(2)20-8(3)12(16)13(11)18;/h4-6H,1-3H3,(H2,18,20);. The van der Waals surface area contributed by atoms with Crippen LogP contribution in [0, 0.1) is 13.8 Å². The molecule has 2 aromatic heterocycles. The number of aryl methyl sites for hydroxylation is 2. The maximum atomic E-state index is 6.21. The predicted molar refractivity (Wildman–Crippen MR) is 89.7 cm³/mol. The first kappa shape index (κ1) is 18.2. The second kappa shape index (κ2) is 6.92. The van der Waals surface area contributed by atoms with Gasteiger partial charge in [-0.1, -0.05) is 30.1 Å². The smallest absolute Gasteiger partial charge is 0.132 e. The molecule has 2 rings (SSSR count). The van der Waals surface area contributed by atoms with E-state index in [1.165, 1.54) is 0 Å². The van der Waals surface area contributed by atoms with Crippen LogP contribution < -0.4 is 11.9 Å². The van der Waals surface area contributed by atoms with E-state index in [0.717, 1.165) is 27.0 Å². The third-order valence-corrected chi connectivity index (χ3v) is 4.53. The van der Waals surface area contributed by atoms with Crippen LogP contribution in [0.3, 0.4) is 0 Å². The predicted octanol–water partition coefficient (Wildman–Crippen LogP) is 4.42. The summed E-state index contributed by atoms with van der Waals surface area (Å²) in [5.41, 5.74) is 10.1. The van der Waals surface area contributed by atoms with Crippen molar-refractivity contribution in [3.05, 3.63) is 49.4 Å². The van der Waals surface area contributed by atoms with E-state index in [1.807, 2.05) is 26.8 Å². The average molecular weight is 389 g/mol. The molecule has 0 saturated heterocycles. The molecule has 0 aromatic carbocycles. The number of pyridine rings is 2. The lowest BCUT2D eigenvalue weighted by Crippen LogP contribution is -2.08. The van der Waals surface area contributed by atoms with Gasteiger partial charge in [-0.3, -0.25) is 4.98 Å². The van der Waals surface area contributed by atoms with Gasteiger partial charge in [0.25, 0.3) is 0 Å². The van der Waals surface area contributed by atoms with Crippen molar-refractivity contribution in [2.24, 2.45) is 0 Å². The fourth-order valence-electron chi connectivity index (χ4n) is 2.31. The van der Waals surface area contributed by atoms with Crippen molar-refractivity contribution in [3.63, 3.8) is 0 Å².